The highest BCUT2D eigenvalue weighted by Gasteiger charge is 2.70. The first-order chi connectivity index (χ1) is 16.8. The summed E-state index contributed by atoms with van der Waals surface area (Å²) in [7, 11) is 0. The van der Waals surface area contributed by atoms with E-state index < -0.39 is 56.8 Å². The van der Waals surface area contributed by atoms with Crippen molar-refractivity contribution in [2.24, 2.45) is 50.2 Å². The molecule has 7 nitrogen and oxygen atoms in total. The van der Waals surface area contributed by atoms with Gasteiger partial charge < -0.3 is 15.3 Å². The van der Waals surface area contributed by atoms with Crippen molar-refractivity contribution < 1.29 is 34.5 Å². The van der Waals surface area contributed by atoms with Gasteiger partial charge in [0, 0.05) is 5.92 Å². The third-order valence-corrected chi connectivity index (χ3v) is 12.3. The van der Waals surface area contributed by atoms with E-state index in [0.29, 0.717) is 25.7 Å². The van der Waals surface area contributed by atoms with Crippen LogP contribution in [0, 0.1) is 50.2 Å². The third kappa shape index (κ3) is 3.65. The molecule has 0 aromatic heterocycles. The fraction of sp³-hybridized carbons (Fsp3) is 0.800. The SMILES string of the molecule is CC(C)(C(=O)O)[C@@H]1CC[C@]2(C)[C@H](C(=O)C=C3[C@H]4C[C@@](C)(C(=O)O)CC[C@]4(C)CC[C@]32C)[C@@]1(C)CC(=O)O. The minimum Gasteiger partial charge on any atom is -0.481 e. The second-order valence-corrected chi connectivity index (χ2v) is 14.7. The summed E-state index contributed by atoms with van der Waals surface area (Å²) in [5.41, 5.74) is -3.04. The maximum absolute atomic E-state index is 14.2. The molecule has 4 rings (SSSR count). The molecule has 8 atom stereocenters. The van der Waals surface area contributed by atoms with Gasteiger partial charge in [-0.15, -0.1) is 0 Å². The van der Waals surface area contributed by atoms with E-state index in [2.05, 4.69) is 20.8 Å². The number of carboxylic acids is 3. The van der Waals surface area contributed by atoms with Gasteiger partial charge in [0.15, 0.2) is 5.78 Å². The molecular weight excluding hydrogens is 472 g/mol. The van der Waals surface area contributed by atoms with Crippen molar-refractivity contribution >= 4 is 23.7 Å². The molecule has 0 bridgehead atoms. The summed E-state index contributed by atoms with van der Waals surface area (Å²) in [6.45, 7) is 13.5. The first-order valence-corrected chi connectivity index (χ1v) is 13.7. The second kappa shape index (κ2) is 8.16. The number of fused-ring (bicyclic) bond motifs is 5. The minimum absolute atomic E-state index is 0.0262. The Morgan fingerprint density at radius 3 is 2.08 bits per heavy atom. The summed E-state index contributed by atoms with van der Waals surface area (Å²) in [4.78, 5) is 51.0. The zero-order chi connectivity index (χ0) is 28.0. The van der Waals surface area contributed by atoms with E-state index in [9.17, 15) is 34.5 Å². The van der Waals surface area contributed by atoms with Crippen LogP contribution in [0.5, 0.6) is 0 Å². The molecule has 0 amide bonds. The van der Waals surface area contributed by atoms with Gasteiger partial charge in [-0.1, -0.05) is 33.3 Å². The molecular formula is C30H44O7. The standard InChI is InChI=1S/C30H44O7/c1-25(2,23(34)35)20-8-9-30(7)22(28(20,5)16-21(32)33)19(31)14-17-18-15-27(4,24(36)37)11-10-26(18,3)12-13-29(17,30)6/h14,18,20,22H,8-13,15-16H2,1-7H3,(H,32,33)(H,34,35)(H,36,37)/t18-,20+,22-,26-,27+,28+,29-,30-/m1/s1. The van der Waals surface area contributed by atoms with Gasteiger partial charge in [-0.05, 0) is 105 Å². The van der Waals surface area contributed by atoms with Crippen LogP contribution in [0.2, 0.25) is 0 Å². The van der Waals surface area contributed by atoms with Crippen molar-refractivity contribution in [1.82, 2.24) is 0 Å². The van der Waals surface area contributed by atoms with Crippen LogP contribution in [0.15, 0.2) is 11.6 Å². The highest BCUT2D eigenvalue weighted by atomic mass is 16.4. The fourth-order valence-electron chi connectivity index (χ4n) is 9.66. The Labute approximate surface area is 220 Å². The number of hydrogen-bond donors (Lipinski definition) is 3. The average Bonchev–Trinajstić information content (AvgIpc) is 2.75. The van der Waals surface area contributed by atoms with Crippen LogP contribution in [0.3, 0.4) is 0 Å². The Balaban J connectivity index is 1.89. The fourth-order valence-corrected chi connectivity index (χ4v) is 9.66. The molecule has 0 aliphatic heterocycles. The predicted octanol–water partition coefficient (Wildman–Crippen LogP) is 5.82. The number of hydrogen-bond acceptors (Lipinski definition) is 4. The number of allylic oxidation sites excluding steroid dienone is 2. The molecule has 37 heavy (non-hydrogen) atoms. The lowest BCUT2D eigenvalue weighted by Gasteiger charge is -2.68. The number of aliphatic carboxylic acids is 3. The lowest BCUT2D eigenvalue weighted by atomic mass is 9.34. The van der Waals surface area contributed by atoms with Gasteiger partial charge in [-0.3, -0.25) is 19.2 Å². The number of ketones is 1. The Morgan fingerprint density at radius 1 is 0.946 bits per heavy atom. The summed E-state index contributed by atoms with van der Waals surface area (Å²) >= 11 is 0. The van der Waals surface area contributed by atoms with Crippen molar-refractivity contribution in [2.45, 2.75) is 99.8 Å². The Bertz CT molecular complexity index is 1090. The molecule has 0 unspecified atom stereocenters. The van der Waals surface area contributed by atoms with Gasteiger partial charge >= 0.3 is 17.9 Å². The normalized spacial score (nSPS) is 45.6. The van der Waals surface area contributed by atoms with Crippen molar-refractivity contribution in [3.05, 3.63) is 11.6 Å². The van der Waals surface area contributed by atoms with Crippen molar-refractivity contribution in [2.75, 3.05) is 0 Å². The number of carbonyl (C=O) groups is 4. The summed E-state index contributed by atoms with van der Waals surface area (Å²) in [5.74, 6) is -4.04. The summed E-state index contributed by atoms with van der Waals surface area (Å²) in [6, 6.07) is 0. The minimum atomic E-state index is -1.19. The monoisotopic (exact) mass is 516 g/mol. The van der Waals surface area contributed by atoms with E-state index in [1.54, 1.807) is 19.9 Å². The lowest BCUT2D eigenvalue weighted by molar-refractivity contribution is -0.189. The van der Waals surface area contributed by atoms with Gasteiger partial charge in [0.2, 0.25) is 0 Å². The Hall–Kier alpha value is -2.18. The van der Waals surface area contributed by atoms with Crippen LogP contribution in [0.1, 0.15) is 99.8 Å². The van der Waals surface area contributed by atoms with Gasteiger partial charge in [-0.25, -0.2) is 0 Å². The largest absolute Gasteiger partial charge is 0.481 e. The molecule has 4 aliphatic carbocycles. The Kier molecular flexibility index (Phi) is 6.14. The van der Waals surface area contributed by atoms with Crippen LogP contribution in [0.4, 0.5) is 0 Å². The molecule has 0 saturated heterocycles. The third-order valence-electron chi connectivity index (χ3n) is 12.3. The average molecular weight is 517 g/mol. The smallest absolute Gasteiger partial charge is 0.309 e. The summed E-state index contributed by atoms with van der Waals surface area (Å²) < 4.78 is 0. The van der Waals surface area contributed by atoms with Gasteiger partial charge in [0.05, 0.1) is 17.3 Å². The topological polar surface area (TPSA) is 129 Å². The summed E-state index contributed by atoms with van der Waals surface area (Å²) in [6.07, 6.45) is 6.34. The summed E-state index contributed by atoms with van der Waals surface area (Å²) in [5, 5.41) is 30.1. The van der Waals surface area contributed by atoms with E-state index >= 15 is 0 Å². The first-order valence-electron chi connectivity index (χ1n) is 13.7. The van der Waals surface area contributed by atoms with E-state index in [1.807, 2.05) is 13.8 Å². The molecule has 4 aliphatic rings. The molecule has 7 heteroatoms. The van der Waals surface area contributed by atoms with E-state index in [1.165, 1.54) is 0 Å². The van der Waals surface area contributed by atoms with Crippen LogP contribution < -0.4 is 0 Å². The van der Waals surface area contributed by atoms with Gasteiger partial charge in [0.1, 0.15) is 0 Å². The molecule has 3 saturated carbocycles. The maximum Gasteiger partial charge on any atom is 0.309 e. The van der Waals surface area contributed by atoms with Crippen molar-refractivity contribution in [3.63, 3.8) is 0 Å². The number of carboxylic acid groups (broad SMARTS) is 3. The van der Waals surface area contributed by atoms with Crippen LogP contribution in [-0.2, 0) is 19.2 Å². The molecule has 3 fully saturated rings. The molecule has 0 spiro atoms. The molecule has 3 N–H and O–H groups in total. The highest BCUT2D eigenvalue weighted by molar-refractivity contribution is 5.96. The highest BCUT2D eigenvalue weighted by Crippen LogP contribution is 2.74. The maximum atomic E-state index is 14.2. The quantitative estimate of drug-likeness (QED) is 0.420. The van der Waals surface area contributed by atoms with E-state index in [-0.39, 0.29) is 23.5 Å². The number of carbonyl (C=O) groups excluding carboxylic acids is 1. The zero-order valence-corrected chi connectivity index (χ0v) is 23.4. The van der Waals surface area contributed by atoms with Crippen LogP contribution in [0.25, 0.3) is 0 Å². The predicted molar refractivity (Wildman–Crippen MR) is 138 cm³/mol. The molecule has 206 valence electrons. The molecule has 0 radical (unpaired) electrons. The Morgan fingerprint density at radius 2 is 1.54 bits per heavy atom. The van der Waals surface area contributed by atoms with Gasteiger partial charge in [0.25, 0.3) is 0 Å². The number of rotatable bonds is 5. The zero-order valence-electron chi connectivity index (χ0n) is 23.4. The lowest BCUT2D eigenvalue weighted by Crippen LogP contribution is -2.65. The van der Waals surface area contributed by atoms with Crippen LogP contribution >= 0.6 is 0 Å². The van der Waals surface area contributed by atoms with E-state index in [0.717, 1.165) is 24.8 Å². The van der Waals surface area contributed by atoms with Crippen molar-refractivity contribution in [3.8, 4) is 0 Å². The molecule has 0 heterocycles. The van der Waals surface area contributed by atoms with Crippen LogP contribution in [-0.4, -0.2) is 39.0 Å². The molecule has 0 aromatic rings. The van der Waals surface area contributed by atoms with E-state index in [4.69, 9.17) is 0 Å². The second-order valence-electron chi connectivity index (χ2n) is 14.7. The van der Waals surface area contributed by atoms with Crippen molar-refractivity contribution in [1.29, 1.82) is 0 Å². The molecule has 0 aromatic carbocycles. The first kappa shape index (κ1) is 27.8. The van der Waals surface area contributed by atoms with Gasteiger partial charge in [-0.2, -0.15) is 0 Å².